The van der Waals surface area contributed by atoms with Gasteiger partial charge in [0.2, 0.25) is 11.8 Å². The molecule has 0 aromatic rings. The number of piperidine rings is 1. The van der Waals surface area contributed by atoms with Crippen LogP contribution >= 0.6 is 0 Å². The highest BCUT2D eigenvalue weighted by Gasteiger charge is 2.48. The number of carbonyl (C=O) groups is 3. The first-order valence-electron chi connectivity index (χ1n) is 4.86. The van der Waals surface area contributed by atoms with E-state index in [1.165, 1.54) is 4.90 Å². The number of carbonyl (C=O) groups excluding carboxylic acids is 2. The number of imide groups is 1. The van der Waals surface area contributed by atoms with E-state index in [2.05, 4.69) is 5.32 Å². The summed E-state index contributed by atoms with van der Waals surface area (Å²) in [6, 6.07) is 0. The first-order valence-corrected chi connectivity index (χ1v) is 4.86. The molecular formula is C9H12N2O4. The summed E-state index contributed by atoms with van der Waals surface area (Å²) < 4.78 is 0. The monoisotopic (exact) mass is 212 g/mol. The Morgan fingerprint density at radius 1 is 1.33 bits per heavy atom. The van der Waals surface area contributed by atoms with Crippen molar-refractivity contribution in [3.63, 3.8) is 0 Å². The fourth-order valence-corrected chi connectivity index (χ4v) is 2.22. The molecule has 0 bridgehead atoms. The van der Waals surface area contributed by atoms with Crippen molar-refractivity contribution in [2.75, 3.05) is 13.1 Å². The second kappa shape index (κ2) is 3.22. The number of likely N-dealkylation sites (tertiary alicyclic amines) is 1. The Balaban J connectivity index is 2.06. The summed E-state index contributed by atoms with van der Waals surface area (Å²) in [5, 5.41) is 11.0. The largest absolute Gasteiger partial charge is 0.465 e. The summed E-state index contributed by atoms with van der Waals surface area (Å²) in [6.07, 6.45) is 0.127. The van der Waals surface area contributed by atoms with Crippen LogP contribution in [0.15, 0.2) is 0 Å². The van der Waals surface area contributed by atoms with Gasteiger partial charge in [-0.05, 0) is 12.8 Å². The molecule has 6 nitrogen and oxygen atoms in total. The summed E-state index contributed by atoms with van der Waals surface area (Å²) in [4.78, 5) is 34.6. The fraction of sp³-hybridized carbons (Fsp3) is 0.667. The lowest BCUT2D eigenvalue weighted by Crippen LogP contribution is -2.45. The van der Waals surface area contributed by atoms with E-state index in [0.717, 1.165) is 0 Å². The lowest BCUT2D eigenvalue weighted by atomic mass is 9.77. The number of hydrogen-bond donors (Lipinski definition) is 2. The van der Waals surface area contributed by atoms with E-state index < -0.39 is 11.5 Å². The SMILES string of the molecule is O=C1CC2(CCN(C(=O)O)CC2)C(=O)N1. The molecule has 0 saturated carbocycles. The third kappa shape index (κ3) is 1.55. The van der Waals surface area contributed by atoms with Gasteiger partial charge in [-0.25, -0.2) is 4.79 Å². The van der Waals surface area contributed by atoms with Gasteiger partial charge in [-0.15, -0.1) is 0 Å². The van der Waals surface area contributed by atoms with Gasteiger partial charge in [0.05, 0.1) is 5.41 Å². The van der Waals surface area contributed by atoms with Gasteiger partial charge in [-0.1, -0.05) is 0 Å². The van der Waals surface area contributed by atoms with E-state index in [0.29, 0.717) is 25.9 Å². The van der Waals surface area contributed by atoms with Gasteiger partial charge in [0.1, 0.15) is 0 Å². The van der Waals surface area contributed by atoms with Crippen LogP contribution in [-0.4, -0.2) is 41.0 Å². The highest BCUT2D eigenvalue weighted by atomic mass is 16.4. The molecule has 0 unspecified atom stereocenters. The van der Waals surface area contributed by atoms with Crippen molar-refractivity contribution in [3.05, 3.63) is 0 Å². The molecule has 2 heterocycles. The van der Waals surface area contributed by atoms with Crippen LogP contribution in [0.2, 0.25) is 0 Å². The molecule has 82 valence electrons. The molecule has 0 aliphatic carbocycles. The maximum atomic E-state index is 11.5. The second-order valence-corrected chi connectivity index (χ2v) is 4.10. The Labute approximate surface area is 86.2 Å². The quantitative estimate of drug-likeness (QED) is 0.544. The zero-order valence-corrected chi connectivity index (χ0v) is 8.15. The first-order chi connectivity index (χ1) is 7.03. The summed E-state index contributed by atoms with van der Waals surface area (Å²) >= 11 is 0. The predicted octanol–water partition coefficient (Wildman–Crippen LogP) is -0.207. The Morgan fingerprint density at radius 2 is 1.93 bits per heavy atom. The molecule has 2 aliphatic rings. The van der Waals surface area contributed by atoms with Crippen molar-refractivity contribution >= 4 is 17.9 Å². The minimum Gasteiger partial charge on any atom is -0.465 e. The number of carboxylic acid groups (broad SMARTS) is 1. The maximum Gasteiger partial charge on any atom is 0.407 e. The van der Waals surface area contributed by atoms with Crippen LogP contribution in [0.1, 0.15) is 19.3 Å². The molecule has 1 spiro atoms. The summed E-state index contributed by atoms with van der Waals surface area (Å²) in [7, 11) is 0. The zero-order valence-electron chi connectivity index (χ0n) is 8.15. The first kappa shape index (κ1) is 9.95. The Morgan fingerprint density at radius 3 is 2.33 bits per heavy atom. The Hall–Kier alpha value is -1.59. The molecule has 2 aliphatic heterocycles. The molecular weight excluding hydrogens is 200 g/mol. The highest BCUT2D eigenvalue weighted by molar-refractivity contribution is 6.05. The molecule has 0 radical (unpaired) electrons. The maximum absolute atomic E-state index is 11.5. The van der Waals surface area contributed by atoms with E-state index >= 15 is 0 Å². The predicted molar refractivity (Wildman–Crippen MR) is 49.0 cm³/mol. The van der Waals surface area contributed by atoms with Crippen LogP contribution in [0.3, 0.4) is 0 Å². The zero-order chi connectivity index (χ0) is 11.1. The molecule has 0 atom stereocenters. The third-order valence-corrected chi connectivity index (χ3v) is 3.22. The fourth-order valence-electron chi connectivity index (χ4n) is 2.22. The van der Waals surface area contributed by atoms with Gasteiger partial charge in [0, 0.05) is 19.5 Å². The molecule has 2 saturated heterocycles. The normalized spacial score (nSPS) is 24.4. The number of nitrogens with zero attached hydrogens (tertiary/aromatic N) is 1. The van der Waals surface area contributed by atoms with Crippen LogP contribution in [0, 0.1) is 5.41 Å². The van der Waals surface area contributed by atoms with Gasteiger partial charge in [-0.2, -0.15) is 0 Å². The van der Waals surface area contributed by atoms with E-state index in [1.54, 1.807) is 0 Å². The topological polar surface area (TPSA) is 86.7 Å². The van der Waals surface area contributed by atoms with Gasteiger partial charge in [-0.3, -0.25) is 14.9 Å². The van der Waals surface area contributed by atoms with Crippen molar-refractivity contribution in [2.24, 2.45) is 5.41 Å². The Bertz CT molecular complexity index is 331. The van der Waals surface area contributed by atoms with Crippen molar-refractivity contribution < 1.29 is 19.5 Å². The van der Waals surface area contributed by atoms with Gasteiger partial charge in [0.25, 0.3) is 0 Å². The molecule has 15 heavy (non-hydrogen) atoms. The second-order valence-electron chi connectivity index (χ2n) is 4.10. The minimum absolute atomic E-state index is 0.208. The van der Waals surface area contributed by atoms with E-state index in [4.69, 9.17) is 5.11 Å². The number of nitrogens with one attached hydrogen (secondary N) is 1. The molecule has 6 heteroatoms. The van der Waals surface area contributed by atoms with Gasteiger partial charge in [0.15, 0.2) is 0 Å². The third-order valence-electron chi connectivity index (χ3n) is 3.22. The van der Waals surface area contributed by atoms with Crippen molar-refractivity contribution in [3.8, 4) is 0 Å². The molecule has 2 rings (SSSR count). The molecule has 2 N–H and O–H groups in total. The number of rotatable bonds is 0. The van der Waals surface area contributed by atoms with Crippen molar-refractivity contribution in [1.82, 2.24) is 10.2 Å². The van der Waals surface area contributed by atoms with E-state index in [9.17, 15) is 14.4 Å². The lowest BCUT2D eigenvalue weighted by Gasteiger charge is -2.35. The van der Waals surface area contributed by atoms with E-state index in [1.807, 2.05) is 0 Å². The molecule has 2 fully saturated rings. The van der Waals surface area contributed by atoms with Crippen molar-refractivity contribution in [2.45, 2.75) is 19.3 Å². The van der Waals surface area contributed by atoms with Crippen LogP contribution in [0.4, 0.5) is 4.79 Å². The average Bonchev–Trinajstić information content (AvgIpc) is 2.42. The smallest absolute Gasteiger partial charge is 0.407 e. The summed E-state index contributed by atoms with van der Waals surface area (Å²) in [5.41, 5.74) is -0.636. The minimum atomic E-state index is -0.963. The summed E-state index contributed by atoms with van der Waals surface area (Å²) in [6.45, 7) is 0.659. The molecule has 0 aromatic heterocycles. The number of amides is 3. The van der Waals surface area contributed by atoms with Crippen LogP contribution in [0.5, 0.6) is 0 Å². The van der Waals surface area contributed by atoms with Crippen LogP contribution < -0.4 is 5.32 Å². The van der Waals surface area contributed by atoms with E-state index in [-0.39, 0.29) is 18.2 Å². The van der Waals surface area contributed by atoms with Gasteiger partial charge >= 0.3 is 6.09 Å². The van der Waals surface area contributed by atoms with Gasteiger partial charge < -0.3 is 10.0 Å². The lowest BCUT2D eigenvalue weighted by molar-refractivity contribution is -0.130. The van der Waals surface area contributed by atoms with Crippen LogP contribution in [-0.2, 0) is 9.59 Å². The Kier molecular flexibility index (Phi) is 2.13. The molecule has 3 amide bonds. The average molecular weight is 212 g/mol. The van der Waals surface area contributed by atoms with Crippen molar-refractivity contribution in [1.29, 1.82) is 0 Å². The number of hydrogen-bond acceptors (Lipinski definition) is 3. The standard InChI is InChI=1S/C9H12N2O4/c12-6-5-9(7(13)10-6)1-3-11(4-2-9)8(14)15/h1-5H2,(H,14,15)(H,10,12,13). The summed E-state index contributed by atoms with van der Waals surface area (Å²) in [5.74, 6) is -0.485. The highest BCUT2D eigenvalue weighted by Crippen LogP contribution is 2.38. The molecule has 0 aromatic carbocycles. The van der Waals surface area contributed by atoms with Crippen LogP contribution in [0.25, 0.3) is 0 Å².